The van der Waals surface area contributed by atoms with E-state index in [9.17, 15) is 9.18 Å². The molecule has 1 saturated heterocycles. The van der Waals surface area contributed by atoms with E-state index in [1.54, 1.807) is 17.0 Å². The van der Waals surface area contributed by atoms with Crippen molar-refractivity contribution in [2.75, 3.05) is 25.0 Å². The zero-order valence-electron chi connectivity index (χ0n) is 15.8. The number of nitrogens with zero attached hydrogens (tertiary/aromatic N) is 3. The normalized spacial score (nSPS) is 15.0. The highest BCUT2D eigenvalue weighted by Crippen LogP contribution is 2.26. The summed E-state index contributed by atoms with van der Waals surface area (Å²) in [6.45, 7) is 3.49. The fraction of sp³-hybridized carbons (Fsp3) is 0.333. The van der Waals surface area contributed by atoms with Gasteiger partial charge in [0.05, 0.1) is 17.6 Å². The Morgan fingerprint density at radius 3 is 2.61 bits per heavy atom. The Morgan fingerprint density at radius 2 is 1.89 bits per heavy atom. The molecule has 0 atom stereocenters. The molecule has 2 heterocycles. The number of halogens is 1. The Bertz CT molecular complexity index is 962. The SMILES string of the molecule is CCOC(=O)N1CCC(Nc2nc3ccccc3n2-c2ccc(F)cc2)CC1. The summed E-state index contributed by atoms with van der Waals surface area (Å²) in [5.41, 5.74) is 2.68. The second-order valence-corrected chi connectivity index (χ2v) is 6.84. The van der Waals surface area contributed by atoms with E-state index in [4.69, 9.17) is 9.72 Å². The molecule has 0 spiro atoms. The van der Waals surface area contributed by atoms with Gasteiger partial charge in [0.1, 0.15) is 5.82 Å². The van der Waals surface area contributed by atoms with Gasteiger partial charge in [0.25, 0.3) is 0 Å². The number of carbonyl (C=O) groups is 1. The second-order valence-electron chi connectivity index (χ2n) is 6.84. The van der Waals surface area contributed by atoms with E-state index >= 15 is 0 Å². The number of hydrogen-bond acceptors (Lipinski definition) is 4. The Morgan fingerprint density at radius 1 is 1.18 bits per heavy atom. The Labute approximate surface area is 162 Å². The second kappa shape index (κ2) is 7.88. The molecule has 6 nitrogen and oxygen atoms in total. The summed E-state index contributed by atoms with van der Waals surface area (Å²) in [4.78, 5) is 18.4. The number of hydrogen-bond donors (Lipinski definition) is 1. The van der Waals surface area contributed by atoms with Crippen LogP contribution in [0.5, 0.6) is 0 Å². The number of ether oxygens (including phenoxy) is 1. The average molecular weight is 382 g/mol. The predicted octanol–water partition coefficient (Wildman–Crippen LogP) is 4.20. The molecule has 1 aliphatic rings. The molecule has 0 radical (unpaired) electrons. The van der Waals surface area contributed by atoms with Gasteiger partial charge in [-0.3, -0.25) is 4.57 Å². The van der Waals surface area contributed by atoms with Gasteiger partial charge in [0.2, 0.25) is 5.95 Å². The molecule has 3 aromatic rings. The lowest BCUT2D eigenvalue weighted by molar-refractivity contribution is 0.0983. The van der Waals surface area contributed by atoms with Crippen molar-refractivity contribution in [2.24, 2.45) is 0 Å². The van der Waals surface area contributed by atoms with Crippen LogP contribution < -0.4 is 5.32 Å². The number of aromatic nitrogens is 2. The lowest BCUT2D eigenvalue weighted by Gasteiger charge is -2.31. The summed E-state index contributed by atoms with van der Waals surface area (Å²) >= 11 is 0. The summed E-state index contributed by atoms with van der Waals surface area (Å²) in [5, 5.41) is 3.52. The van der Waals surface area contributed by atoms with Crippen molar-refractivity contribution in [3.05, 3.63) is 54.3 Å². The molecule has 2 aromatic carbocycles. The fourth-order valence-electron chi connectivity index (χ4n) is 3.58. The smallest absolute Gasteiger partial charge is 0.409 e. The minimum Gasteiger partial charge on any atom is -0.450 e. The van der Waals surface area contributed by atoms with Crippen molar-refractivity contribution in [3.8, 4) is 5.69 Å². The van der Waals surface area contributed by atoms with Gasteiger partial charge in [0, 0.05) is 24.8 Å². The zero-order valence-corrected chi connectivity index (χ0v) is 15.8. The number of para-hydroxylation sites is 2. The van der Waals surface area contributed by atoms with E-state index < -0.39 is 0 Å². The quantitative estimate of drug-likeness (QED) is 0.735. The molecular formula is C21H23FN4O2. The van der Waals surface area contributed by atoms with Crippen molar-refractivity contribution in [2.45, 2.75) is 25.8 Å². The molecule has 0 unspecified atom stereocenters. The first-order valence-corrected chi connectivity index (χ1v) is 9.57. The third-order valence-electron chi connectivity index (χ3n) is 5.00. The number of piperidine rings is 1. The van der Waals surface area contributed by atoms with Crippen LogP contribution in [0.2, 0.25) is 0 Å². The van der Waals surface area contributed by atoms with Gasteiger partial charge in [-0.05, 0) is 56.2 Å². The molecule has 28 heavy (non-hydrogen) atoms. The highest BCUT2D eigenvalue weighted by Gasteiger charge is 2.25. The van der Waals surface area contributed by atoms with Gasteiger partial charge in [-0.2, -0.15) is 0 Å². The summed E-state index contributed by atoms with van der Waals surface area (Å²) in [5.74, 6) is 0.455. The first-order chi connectivity index (χ1) is 13.7. The van der Waals surface area contributed by atoms with E-state index in [0.29, 0.717) is 19.7 Å². The Hall–Kier alpha value is -3.09. The van der Waals surface area contributed by atoms with Gasteiger partial charge in [-0.25, -0.2) is 14.2 Å². The summed E-state index contributed by atoms with van der Waals surface area (Å²) in [6, 6.07) is 14.5. The number of imidazole rings is 1. The van der Waals surface area contributed by atoms with Crippen LogP contribution >= 0.6 is 0 Å². The van der Waals surface area contributed by atoms with Crippen molar-refractivity contribution in [1.29, 1.82) is 0 Å². The highest BCUT2D eigenvalue weighted by molar-refractivity contribution is 5.81. The number of anilines is 1. The molecule has 0 saturated carbocycles. The van der Waals surface area contributed by atoms with Gasteiger partial charge in [-0.15, -0.1) is 0 Å². The third-order valence-corrected chi connectivity index (χ3v) is 5.00. The van der Waals surface area contributed by atoms with E-state index in [1.807, 2.05) is 35.8 Å². The van der Waals surface area contributed by atoms with E-state index in [0.717, 1.165) is 35.5 Å². The van der Waals surface area contributed by atoms with Crippen molar-refractivity contribution >= 4 is 23.1 Å². The van der Waals surface area contributed by atoms with Crippen molar-refractivity contribution in [3.63, 3.8) is 0 Å². The molecule has 1 aliphatic heterocycles. The molecule has 1 N–H and O–H groups in total. The number of amides is 1. The maximum atomic E-state index is 13.4. The molecule has 1 aromatic heterocycles. The lowest BCUT2D eigenvalue weighted by Crippen LogP contribution is -2.42. The van der Waals surface area contributed by atoms with Crippen LogP contribution in [0.1, 0.15) is 19.8 Å². The molecule has 4 rings (SSSR count). The molecule has 0 aliphatic carbocycles. The van der Waals surface area contributed by atoms with Crippen LogP contribution in [0.15, 0.2) is 48.5 Å². The topological polar surface area (TPSA) is 59.4 Å². The third kappa shape index (κ3) is 3.65. The number of rotatable bonds is 4. The first-order valence-electron chi connectivity index (χ1n) is 9.57. The fourth-order valence-corrected chi connectivity index (χ4v) is 3.58. The lowest BCUT2D eigenvalue weighted by atomic mass is 10.1. The molecule has 7 heteroatoms. The molecular weight excluding hydrogens is 359 g/mol. The number of benzene rings is 2. The molecule has 1 amide bonds. The van der Waals surface area contributed by atoms with E-state index in [1.165, 1.54) is 12.1 Å². The van der Waals surface area contributed by atoms with Gasteiger partial charge >= 0.3 is 6.09 Å². The maximum absolute atomic E-state index is 13.4. The number of likely N-dealkylation sites (tertiary alicyclic amines) is 1. The highest BCUT2D eigenvalue weighted by atomic mass is 19.1. The predicted molar refractivity (Wildman–Crippen MR) is 106 cm³/mol. The van der Waals surface area contributed by atoms with E-state index in [2.05, 4.69) is 5.32 Å². The zero-order chi connectivity index (χ0) is 19.5. The van der Waals surface area contributed by atoms with Gasteiger partial charge < -0.3 is 15.0 Å². The summed E-state index contributed by atoms with van der Waals surface area (Å²) < 4.78 is 20.5. The average Bonchev–Trinajstić information content (AvgIpc) is 3.07. The Balaban J connectivity index is 1.57. The molecule has 1 fully saturated rings. The van der Waals surface area contributed by atoms with Crippen LogP contribution in [-0.2, 0) is 4.74 Å². The Kier molecular flexibility index (Phi) is 5.14. The molecule has 146 valence electrons. The minimum absolute atomic E-state index is 0.196. The van der Waals surface area contributed by atoms with Crippen molar-refractivity contribution in [1.82, 2.24) is 14.5 Å². The van der Waals surface area contributed by atoms with Gasteiger partial charge in [-0.1, -0.05) is 12.1 Å². The minimum atomic E-state index is -0.269. The number of carbonyl (C=O) groups excluding carboxylic acids is 1. The first kappa shape index (κ1) is 18.3. The summed E-state index contributed by atoms with van der Waals surface area (Å²) in [7, 11) is 0. The van der Waals surface area contributed by atoms with Crippen LogP contribution in [-0.4, -0.2) is 46.3 Å². The van der Waals surface area contributed by atoms with E-state index in [-0.39, 0.29) is 18.0 Å². The van der Waals surface area contributed by atoms with Crippen molar-refractivity contribution < 1.29 is 13.9 Å². The van der Waals surface area contributed by atoms with Crippen LogP contribution in [0.25, 0.3) is 16.7 Å². The number of fused-ring (bicyclic) bond motifs is 1. The van der Waals surface area contributed by atoms with Gasteiger partial charge in [0.15, 0.2) is 0 Å². The van der Waals surface area contributed by atoms with Crippen LogP contribution in [0.3, 0.4) is 0 Å². The largest absolute Gasteiger partial charge is 0.450 e. The monoisotopic (exact) mass is 382 g/mol. The number of nitrogens with one attached hydrogen (secondary N) is 1. The van der Waals surface area contributed by atoms with Crippen LogP contribution in [0, 0.1) is 5.82 Å². The standard InChI is InChI=1S/C21H23FN4O2/c1-2-28-21(27)25-13-11-16(12-14-25)23-20-24-18-5-3-4-6-19(18)26(20)17-9-7-15(22)8-10-17/h3-10,16H,2,11-14H2,1H3,(H,23,24). The molecule has 0 bridgehead atoms. The van der Waals surface area contributed by atoms with Crippen LogP contribution in [0.4, 0.5) is 15.1 Å². The maximum Gasteiger partial charge on any atom is 0.409 e. The summed E-state index contributed by atoms with van der Waals surface area (Å²) in [6.07, 6.45) is 1.37.